The number of hydrogen-bond acceptors (Lipinski definition) is 9. The summed E-state index contributed by atoms with van der Waals surface area (Å²) in [6, 6.07) is 4.49. The van der Waals surface area contributed by atoms with Crippen LogP contribution < -0.4 is 14.8 Å². The number of nitrogens with zero attached hydrogens (tertiary/aromatic N) is 1. The maximum atomic E-state index is 11.9. The van der Waals surface area contributed by atoms with Crippen LogP contribution in [0.1, 0.15) is 32.8 Å². The van der Waals surface area contributed by atoms with E-state index in [4.69, 9.17) is 19.0 Å². The Morgan fingerprint density at radius 2 is 1.90 bits per heavy atom. The van der Waals surface area contributed by atoms with Gasteiger partial charge >= 0.3 is 11.9 Å². The highest BCUT2D eigenvalue weighted by atomic mass is 16.7. The van der Waals surface area contributed by atoms with Gasteiger partial charge in [-0.05, 0) is 37.5 Å². The molecule has 0 saturated carbocycles. The number of esters is 2. The summed E-state index contributed by atoms with van der Waals surface area (Å²) in [5, 5.41) is 6.35. The minimum atomic E-state index is -0.800. The number of carbonyl (C=O) groups excluding carboxylic acids is 3. The van der Waals surface area contributed by atoms with Crippen molar-refractivity contribution in [2.75, 3.05) is 27.1 Å². The number of oxime groups is 1. The number of benzene rings is 1. The lowest BCUT2D eigenvalue weighted by molar-refractivity contribution is -0.153. The van der Waals surface area contributed by atoms with Crippen molar-refractivity contribution in [2.45, 2.75) is 33.2 Å². The van der Waals surface area contributed by atoms with E-state index in [1.165, 1.54) is 7.11 Å². The minimum absolute atomic E-state index is 0.163. The lowest BCUT2D eigenvalue weighted by Crippen LogP contribution is -2.44. The van der Waals surface area contributed by atoms with Gasteiger partial charge < -0.3 is 29.1 Å². The molecular weight excluding hydrogens is 396 g/mol. The Labute approximate surface area is 174 Å². The molecule has 10 nitrogen and oxygen atoms in total. The van der Waals surface area contributed by atoms with E-state index in [0.29, 0.717) is 23.6 Å². The number of nitrogens with one attached hydrogen (secondary N) is 1. The molecule has 1 aliphatic heterocycles. The van der Waals surface area contributed by atoms with Crippen molar-refractivity contribution in [1.29, 1.82) is 0 Å². The van der Waals surface area contributed by atoms with Crippen LogP contribution in [0.5, 0.6) is 11.5 Å². The van der Waals surface area contributed by atoms with Gasteiger partial charge in [0.1, 0.15) is 6.04 Å². The standard InChI is InChI=1S/C20H26N2O8/c1-12(2)7-15(20(25)26-4)21-18(23)9-27-19(24)10-30-22-13(3)14-5-6-16-17(8-14)29-11-28-16/h5-6,8,12,15H,7,9-11H2,1-4H3,(H,21,23)/b22-13+. The molecule has 0 fully saturated rings. The average Bonchev–Trinajstić information content (AvgIpc) is 3.18. The molecule has 2 rings (SSSR count). The molecular formula is C20H26N2O8. The first-order valence-electron chi connectivity index (χ1n) is 9.39. The first-order chi connectivity index (χ1) is 14.3. The Hall–Kier alpha value is -3.30. The van der Waals surface area contributed by atoms with Crippen LogP contribution in [-0.4, -0.2) is 56.7 Å². The third-order valence-electron chi connectivity index (χ3n) is 4.07. The number of amides is 1. The Morgan fingerprint density at radius 1 is 1.17 bits per heavy atom. The number of rotatable bonds is 10. The summed E-state index contributed by atoms with van der Waals surface area (Å²) in [4.78, 5) is 40.4. The predicted molar refractivity (Wildman–Crippen MR) is 105 cm³/mol. The normalized spacial score (nSPS) is 13.6. The number of methoxy groups -OCH3 is 1. The van der Waals surface area contributed by atoms with E-state index in [-0.39, 0.29) is 12.7 Å². The maximum Gasteiger partial charge on any atom is 0.347 e. The summed E-state index contributed by atoms with van der Waals surface area (Å²) in [7, 11) is 1.24. The van der Waals surface area contributed by atoms with Crippen molar-refractivity contribution in [2.24, 2.45) is 11.1 Å². The van der Waals surface area contributed by atoms with Gasteiger partial charge in [-0.2, -0.15) is 0 Å². The molecule has 0 bridgehead atoms. The van der Waals surface area contributed by atoms with Crippen LogP contribution in [0.25, 0.3) is 0 Å². The smallest absolute Gasteiger partial charge is 0.347 e. The van der Waals surface area contributed by atoms with E-state index < -0.39 is 37.1 Å². The molecule has 30 heavy (non-hydrogen) atoms. The zero-order valence-corrected chi connectivity index (χ0v) is 17.4. The number of ether oxygens (including phenoxy) is 4. The minimum Gasteiger partial charge on any atom is -0.467 e. The quantitative estimate of drug-likeness (QED) is 0.341. The fraction of sp³-hybridized carbons (Fsp3) is 0.500. The first kappa shape index (κ1) is 23.0. The molecule has 1 N–H and O–H groups in total. The second-order valence-electron chi connectivity index (χ2n) is 6.95. The number of hydrogen-bond donors (Lipinski definition) is 1. The second-order valence-corrected chi connectivity index (χ2v) is 6.95. The van der Waals surface area contributed by atoms with Gasteiger partial charge in [0.05, 0.1) is 12.8 Å². The third kappa shape index (κ3) is 6.94. The lowest BCUT2D eigenvalue weighted by atomic mass is 10.0. The van der Waals surface area contributed by atoms with Crippen LogP contribution in [0.4, 0.5) is 0 Å². The van der Waals surface area contributed by atoms with Gasteiger partial charge in [-0.25, -0.2) is 9.59 Å². The largest absolute Gasteiger partial charge is 0.467 e. The van der Waals surface area contributed by atoms with E-state index in [9.17, 15) is 14.4 Å². The van der Waals surface area contributed by atoms with Crippen LogP contribution >= 0.6 is 0 Å². The van der Waals surface area contributed by atoms with Gasteiger partial charge in [-0.15, -0.1) is 0 Å². The summed E-state index contributed by atoms with van der Waals surface area (Å²) in [5.74, 6) is -0.520. The van der Waals surface area contributed by atoms with Crippen LogP contribution in [0.2, 0.25) is 0 Å². The van der Waals surface area contributed by atoms with E-state index in [2.05, 4.69) is 15.2 Å². The molecule has 1 amide bonds. The molecule has 1 heterocycles. The average molecular weight is 422 g/mol. The Kier molecular flexibility index (Phi) is 8.45. The monoisotopic (exact) mass is 422 g/mol. The summed E-state index contributed by atoms with van der Waals surface area (Å²) >= 11 is 0. The zero-order valence-electron chi connectivity index (χ0n) is 17.4. The molecule has 0 aromatic heterocycles. The molecule has 0 spiro atoms. The first-order valence-corrected chi connectivity index (χ1v) is 9.39. The molecule has 0 radical (unpaired) electrons. The molecule has 1 atom stereocenters. The molecule has 1 aromatic rings. The van der Waals surface area contributed by atoms with Crippen molar-refractivity contribution in [1.82, 2.24) is 5.32 Å². The summed E-state index contributed by atoms with van der Waals surface area (Å²) < 4.78 is 20.0. The Balaban J connectivity index is 1.75. The van der Waals surface area contributed by atoms with Crippen molar-refractivity contribution < 1.29 is 38.2 Å². The van der Waals surface area contributed by atoms with Crippen molar-refractivity contribution in [3.63, 3.8) is 0 Å². The number of fused-ring (bicyclic) bond motifs is 1. The number of carbonyl (C=O) groups is 3. The summed E-state index contributed by atoms with van der Waals surface area (Å²) in [5.41, 5.74) is 1.26. The highest BCUT2D eigenvalue weighted by Gasteiger charge is 2.23. The molecule has 164 valence electrons. The highest BCUT2D eigenvalue weighted by molar-refractivity contribution is 5.99. The highest BCUT2D eigenvalue weighted by Crippen LogP contribution is 2.32. The summed E-state index contributed by atoms with van der Waals surface area (Å²) in [6.45, 7) is 4.68. The van der Waals surface area contributed by atoms with Crippen molar-refractivity contribution in [3.05, 3.63) is 23.8 Å². The Bertz CT molecular complexity index is 806. The van der Waals surface area contributed by atoms with E-state index >= 15 is 0 Å². The van der Waals surface area contributed by atoms with Crippen LogP contribution in [0.3, 0.4) is 0 Å². The van der Waals surface area contributed by atoms with E-state index in [1.807, 2.05) is 13.8 Å². The van der Waals surface area contributed by atoms with Gasteiger partial charge in [0.15, 0.2) is 18.1 Å². The topological polar surface area (TPSA) is 122 Å². The maximum absolute atomic E-state index is 11.9. The van der Waals surface area contributed by atoms with Gasteiger partial charge in [-0.3, -0.25) is 4.79 Å². The lowest BCUT2D eigenvalue weighted by Gasteiger charge is -2.18. The zero-order chi connectivity index (χ0) is 22.1. The molecule has 0 aliphatic carbocycles. The fourth-order valence-corrected chi connectivity index (χ4v) is 2.61. The predicted octanol–water partition coefficient (Wildman–Crippen LogP) is 1.40. The molecule has 1 unspecified atom stereocenters. The molecule has 10 heteroatoms. The van der Waals surface area contributed by atoms with Gasteiger partial charge in [0, 0.05) is 5.56 Å². The van der Waals surface area contributed by atoms with Crippen molar-refractivity contribution >= 4 is 23.6 Å². The van der Waals surface area contributed by atoms with Gasteiger partial charge in [-0.1, -0.05) is 19.0 Å². The van der Waals surface area contributed by atoms with E-state index in [0.717, 1.165) is 5.56 Å². The molecule has 1 aromatic carbocycles. The van der Waals surface area contributed by atoms with E-state index in [1.54, 1.807) is 25.1 Å². The van der Waals surface area contributed by atoms with Gasteiger partial charge in [0.25, 0.3) is 5.91 Å². The third-order valence-corrected chi connectivity index (χ3v) is 4.07. The molecule has 0 saturated heterocycles. The summed E-state index contributed by atoms with van der Waals surface area (Å²) in [6.07, 6.45) is 0.406. The SMILES string of the molecule is COC(=O)C(CC(C)C)NC(=O)COC(=O)CO/N=C(\C)c1ccc2c(c1)OCO2. The van der Waals surface area contributed by atoms with Crippen LogP contribution in [0.15, 0.2) is 23.4 Å². The molecule has 1 aliphatic rings. The van der Waals surface area contributed by atoms with Gasteiger partial charge in [0.2, 0.25) is 13.4 Å². The van der Waals surface area contributed by atoms with Crippen molar-refractivity contribution in [3.8, 4) is 11.5 Å². The van der Waals surface area contributed by atoms with Crippen LogP contribution in [-0.2, 0) is 28.7 Å². The van der Waals surface area contributed by atoms with Crippen LogP contribution in [0, 0.1) is 5.92 Å². The fourth-order valence-electron chi connectivity index (χ4n) is 2.61. The second kappa shape index (κ2) is 11.0. The Morgan fingerprint density at radius 3 is 2.60 bits per heavy atom.